The zero-order valence-electron chi connectivity index (χ0n) is 11.8. The Bertz CT molecular complexity index is 550. The number of nitrogens with zero attached hydrogens (tertiary/aromatic N) is 1. The molecule has 1 rings (SSSR count). The van der Waals surface area contributed by atoms with Crippen LogP contribution >= 0.6 is 12.4 Å². The predicted molar refractivity (Wildman–Crippen MR) is 80.1 cm³/mol. The third-order valence-electron chi connectivity index (χ3n) is 3.13. The Balaban J connectivity index is 0.00000441. The summed E-state index contributed by atoms with van der Waals surface area (Å²) in [6, 6.07) is 2.37. The predicted octanol–water partition coefficient (Wildman–Crippen LogP) is 3.55. The summed E-state index contributed by atoms with van der Waals surface area (Å²) in [5.74, 6) is -1.75. The van der Waals surface area contributed by atoms with Crippen LogP contribution in [0.2, 0.25) is 0 Å². The Morgan fingerprint density at radius 2 is 1.91 bits per heavy atom. The summed E-state index contributed by atoms with van der Waals surface area (Å²) < 4.78 is 13.4. The van der Waals surface area contributed by atoms with Gasteiger partial charge in [-0.3, -0.25) is 19.7 Å². The van der Waals surface area contributed by atoms with Crippen LogP contribution in [0.3, 0.4) is 0 Å². The monoisotopic (exact) mass is 333 g/mol. The fourth-order valence-corrected chi connectivity index (χ4v) is 2.10. The number of carbonyl (C=O) groups is 2. The third kappa shape index (κ3) is 5.77. The summed E-state index contributed by atoms with van der Waals surface area (Å²) in [5.41, 5.74) is -0.680. The number of nitro groups is 1. The number of carboxylic acid groups (broad SMARTS) is 1. The highest BCUT2D eigenvalue weighted by atomic mass is 35.5. The van der Waals surface area contributed by atoms with E-state index in [-0.39, 0.29) is 25.1 Å². The van der Waals surface area contributed by atoms with Crippen molar-refractivity contribution in [3.8, 4) is 0 Å². The maximum Gasteiger partial charge on any atom is 0.303 e. The van der Waals surface area contributed by atoms with Gasteiger partial charge >= 0.3 is 5.97 Å². The standard InChI is InChI=1S/C14H16FNO5.ClH/c15-12-8-7-10(14(16(20)21)11(12)9-17)5-3-1-2-4-6-13(18)19;/h7-9H,1-6H2,(H,18,19);1H. The summed E-state index contributed by atoms with van der Waals surface area (Å²) in [4.78, 5) is 31.4. The zero-order valence-corrected chi connectivity index (χ0v) is 12.6. The summed E-state index contributed by atoms with van der Waals surface area (Å²) in [6.07, 6.45) is 3.21. The van der Waals surface area contributed by atoms with E-state index in [0.29, 0.717) is 31.2 Å². The molecule has 6 nitrogen and oxygen atoms in total. The lowest BCUT2D eigenvalue weighted by molar-refractivity contribution is -0.385. The number of aliphatic carboxylic acids is 1. The molecule has 1 aromatic carbocycles. The molecule has 0 unspecified atom stereocenters. The van der Waals surface area contributed by atoms with E-state index in [1.807, 2.05) is 0 Å². The highest BCUT2D eigenvalue weighted by Crippen LogP contribution is 2.26. The van der Waals surface area contributed by atoms with E-state index in [1.165, 1.54) is 6.07 Å². The van der Waals surface area contributed by atoms with E-state index in [4.69, 9.17) is 5.11 Å². The molecule has 0 aliphatic carbocycles. The van der Waals surface area contributed by atoms with Gasteiger partial charge in [0.25, 0.3) is 5.69 Å². The molecule has 0 saturated carbocycles. The van der Waals surface area contributed by atoms with Crippen LogP contribution in [0.25, 0.3) is 0 Å². The van der Waals surface area contributed by atoms with Crippen LogP contribution in [0.4, 0.5) is 10.1 Å². The van der Waals surface area contributed by atoms with Gasteiger partial charge in [0.15, 0.2) is 6.29 Å². The molecule has 1 N–H and O–H groups in total. The molecule has 1 aromatic rings. The largest absolute Gasteiger partial charge is 0.481 e. The molecule has 22 heavy (non-hydrogen) atoms. The van der Waals surface area contributed by atoms with Crippen LogP contribution in [-0.4, -0.2) is 22.3 Å². The Morgan fingerprint density at radius 1 is 1.27 bits per heavy atom. The third-order valence-corrected chi connectivity index (χ3v) is 3.13. The number of aryl methyl sites for hydroxylation is 1. The van der Waals surface area contributed by atoms with Crippen LogP contribution in [0, 0.1) is 15.9 Å². The lowest BCUT2D eigenvalue weighted by atomic mass is 10.0. The quantitative estimate of drug-likeness (QED) is 0.322. The van der Waals surface area contributed by atoms with Crippen LogP contribution < -0.4 is 0 Å². The van der Waals surface area contributed by atoms with Gasteiger partial charge in [-0.2, -0.15) is 0 Å². The first-order chi connectivity index (χ1) is 9.97. The molecular formula is C14H17ClFNO5. The molecule has 0 radical (unpaired) electrons. The average molecular weight is 334 g/mol. The molecule has 122 valence electrons. The zero-order chi connectivity index (χ0) is 15.8. The number of nitro benzene ring substituents is 1. The molecule has 0 spiro atoms. The summed E-state index contributed by atoms with van der Waals surface area (Å²) >= 11 is 0. The smallest absolute Gasteiger partial charge is 0.303 e. The fourth-order valence-electron chi connectivity index (χ4n) is 2.10. The Hall–Kier alpha value is -2.02. The first-order valence-electron chi connectivity index (χ1n) is 6.60. The number of hydrogen-bond acceptors (Lipinski definition) is 4. The molecule has 8 heteroatoms. The van der Waals surface area contributed by atoms with Crippen molar-refractivity contribution in [1.82, 2.24) is 0 Å². The first kappa shape index (κ1) is 20.0. The van der Waals surface area contributed by atoms with E-state index in [0.717, 1.165) is 12.5 Å². The minimum absolute atomic E-state index is 0. The van der Waals surface area contributed by atoms with Crippen molar-refractivity contribution in [3.05, 3.63) is 39.2 Å². The molecule has 0 aliphatic heterocycles. The van der Waals surface area contributed by atoms with Crippen LogP contribution in [0.15, 0.2) is 12.1 Å². The number of aldehydes is 1. The Labute approximate surface area is 132 Å². The minimum atomic E-state index is -0.901. The lowest BCUT2D eigenvalue weighted by Gasteiger charge is -2.05. The maximum atomic E-state index is 13.4. The van der Waals surface area contributed by atoms with Crippen LogP contribution in [-0.2, 0) is 11.2 Å². The Kier molecular flexibility index (Phi) is 8.93. The van der Waals surface area contributed by atoms with Crippen LogP contribution in [0.1, 0.15) is 48.0 Å². The van der Waals surface area contributed by atoms with Gasteiger partial charge in [-0.15, -0.1) is 12.4 Å². The molecule has 0 bridgehead atoms. The number of hydrogen-bond donors (Lipinski definition) is 1. The molecule has 0 heterocycles. The van der Waals surface area contributed by atoms with Gasteiger partial charge < -0.3 is 5.11 Å². The van der Waals surface area contributed by atoms with E-state index in [1.54, 1.807) is 0 Å². The summed E-state index contributed by atoms with van der Waals surface area (Å²) in [5, 5.41) is 19.5. The number of carbonyl (C=O) groups excluding carboxylic acids is 1. The second kappa shape index (κ2) is 9.83. The SMILES string of the molecule is Cl.O=Cc1c(F)ccc(CCCCCCC(=O)O)c1[N+](=O)[O-]. The molecule has 0 atom stereocenters. The van der Waals surface area contributed by atoms with Gasteiger partial charge in [0, 0.05) is 12.0 Å². The van der Waals surface area contributed by atoms with Gasteiger partial charge in [0.2, 0.25) is 0 Å². The number of unbranched alkanes of at least 4 members (excludes halogenated alkanes) is 3. The van der Waals surface area contributed by atoms with Crippen molar-refractivity contribution in [2.45, 2.75) is 38.5 Å². The average Bonchev–Trinajstić information content (AvgIpc) is 2.42. The molecular weight excluding hydrogens is 317 g/mol. The second-order valence-electron chi connectivity index (χ2n) is 4.65. The number of halogens is 2. The van der Waals surface area contributed by atoms with Crippen molar-refractivity contribution in [2.75, 3.05) is 0 Å². The van der Waals surface area contributed by atoms with E-state index >= 15 is 0 Å². The number of carboxylic acids is 1. The topological polar surface area (TPSA) is 97.5 Å². The van der Waals surface area contributed by atoms with Gasteiger partial charge in [-0.1, -0.05) is 12.8 Å². The van der Waals surface area contributed by atoms with Crippen molar-refractivity contribution in [2.24, 2.45) is 0 Å². The number of rotatable bonds is 9. The summed E-state index contributed by atoms with van der Waals surface area (Å²) in [6.45, 7) is 0. The second-order valence-corrected chi connectivity index (χ2v) is 4.65. The van der Waals surface area contributed by atoms with Gasteiger partial charge in [0.05, 0.1) is 4.92 Å². The van der Waals surface area contributed by atoms with Gasteiger partial charge in [-0.05, 0) is 31.4 Å². The molecule has 0 aromatic heterocycles. The van der Waals surface area contributed by atoms with Crippen molar-refractivity contribution >= 4 is 30.3 Å². The molecule has 0 fully saturated rings. The van der Waals surface area contributed by atoms with Crippen molar-refractivity contribution in [3.63, 3.8) is 0 Å². The van der Waals surface area contributed by atoms with Crippen molar-refractivity contribution in [1.29, 1.82) is 0 Å². The Morgan fingerprint density at radius 3 is 2.45 bits per heavy atom. The molecule has 0 saturated heterocycles. The van der Waals surface area contributed by atoms with Crippen LogP contribution in [0.5, 0.6) is 0 Å². The number of benzene rings is 1. The first-order valence-corrected chi connectivity index (χ1v) is 6.60. The summed E-state index contributed by atoms with van der Waals surface area (Å²) in [7, 11) is 0. The minimum Gasteiger partial charge on any atom is -0.481 e. The fraction of sp³-hybridized carbons (Fsp3) is 0.429. The van der Waals surface area contributed by atoms with Gasteiger partial charge in [0.1, 0.15) is 11.4 Å². The molecule has 0 aliphatic rings. The maximum absolute atomic E-state index is 13.4. The van der Waals surface area contributed by atoms with E-state index in [2.05, 4.69) is 0 Å². The normalized spacial score (nSPS) is 9.86. The van der Waals surface area contributed by atoms with E-state index in [9.17, 15) is 24.1 Å². The molecule has 0 amide bonds. The highest BCUT2D eigenvalue weighted by Gasteiger charge is 2.22. The highest BCUT2D eigenvalue weighted by molar-refractivity contribution is 5.85. The van der Waals surface area contributed by atoms with Gasteiger partial charge in [-0.25, -0.2) is 4.39 Å². The lowest BCUT2D eigenvalue weighted by Crippen LogP contribution is -2.03. The van der Waals surface area contributed by atoms with Crippen molar-refractivity contribution < 1.29 is 24.0 Å². The van der Waals surface area contributed by atoms with E-state index < -0.39 is 28.0 Å².